The van der Waals surface area contributed by atoms with Gasteiger partial charge in [0.25, 0.3) is 5.91 Å². The van der Waals surface area contributed by atoms with Crippen LogP contribution < -0.4 is 11.1 Å². The third-order valence-corrected chi connectivity index (χ3v) is 8.19. The van der Waals surface area contributed by atoms with Gasteiger partial charge in [0.2, 0.25) is 11.8 Å². The van der Waals surface area contributed by atoms with Crippen molar-refractivity contribution in [1.82, 2.24) is 10.2 Å². The number of likely N-dealkylation sites (tertiary alicyclic amines) is 1. The Balaban J connectivity index is 1.40. The predicted molar refractivity (Wildman–Crippen MR) is 132 cm³/mol. The molecule has 3 amide bonds. The van der Waals surface area contributed by atoms with E-state index in [4.69, 9.17) is 22.1 Å². The molecule has 0 aromatic heterocycles. The Morgan fingerprint density at radius 1 is 1.14 bits per heavy atom. The van der Waals surface area contributed by atoms with Crippen molar-refractivity contribution in [3.63, 3.8) is 0 Å². The number of hydrogen-bond donors (Lipinski definition) is 2. The molecule has 3 N–H and O–H groups in total. The summed E-state index contributed by atoms with van der Waals surface area (Å²) in [4.78, 5) is 40.7. The summed E-state index contributed by atoms with van der Waals surface area (Å²) in [6, 6.07) is 6.95. The fraction of sp³-hybridized carbons (Fsp3) is 0.444. The number of carbonyl (C=O) groups is 3. The SMILES string of the molecule is CC(C)(C(N)=O)c1cccc(C(=O)N2[C@@H](C(=O)NC(c3cc(F)c(Cl)cc3F)C3COC3)C[C@H]3C[C@H]32)c1. The first kappa shape index (κ1) is 25.6. The Morgan fingerprint density at radius 2 is 1.86 bits per heavy atom. The molecule has 2 saturated heterocycles. The van der Waals surface area contributed by atoms with E-state index in [1.54, 1.807) is 43.0 Å². The lowest BCUT2D eigenvalue weighted by Crippen LogP contribution is -2.51. The number of piperidine rings is 1. The third-order valence-electron chi connectivity index (χ3n) is 7.90. The second kappa shape index (κ2) is 9.36. The first-order valence-corrected chi connectivity index (χ1v) is 12.6. The minimum atomic E-state index is -0.976. The van der Waals surface area contributed by atoms with Gasteiger partial charge in [0.15, 0.2) is 0 Å². The van der Waals surface area contributed by atoms with E-state index in [1.807, 2.05) is 0 Å². The van der Waals surface area contributed by atoms with Crippen molar-refractivity contribution in [2.24, 2.45) is 17.6 Å². The number of ether oxygens (including phenoxy) is 1. The molecule has 2 aliphatic heterocycles. The molecule has 10 heteroatoms. The zero-order chi connectivity index (χ0) is 26.6. The Labute approximate surface area is 218 Å². The van der Waals surface area contributed by atoms with Gasteiger partial charge in [-0.1, -0.05) is 23.7 Å². The number of rotatable bonds is 7. The van der Waals surface area contributed by atoms with Crippen molar-refractivity contribution in [2.75, 3.05) is 13.2 Å². The molecule has 0 bridgehead atoms. The summed E-state index contributed by atoms with van der Waals surface area (Å²) in [6.45, 7) is 3.95. The van der Waals surface area contributed by atoms with Crippen molar-refractivity contribution in [2.45, 2.75) is 50.2 Å². The second-order valence-corrected chi connectivity index (χ2v) is 11.1. The van der Waals surface area contributed by atoms with E-state index in [2.05, 4.69) is 5.32 Å². The molecule has 2 aromatic rings. The van der Waals surface area contributed by atoms with Gasteiger partial charge in [-0.15, -0.1) is 0 Å². The minimum Gasteiger partial charge on any atom is -0.381 e. The van der Waals surface area contributed by atoms with E-state index >= 15 is 0 Å². The number of fused-ring (bicyclic) bond motifs is 1. The molecular formula is C27H28ClF2N3O4. The molecule has 1 unspecified atom stereocenters. The van der Waals surface area contributed by atoms with Gasteiger partial charge in [0.05, 0.1) is 29.7 Å². The van der Waals surface area contributed by atoms with E-state index in [0.29, 0.717) is 17.5 Å². The van der Waals surface area contributed by atoms with Gasteiger partial charge >= 0.3 is 0 Å². The highest BCUT2D eigenvalue weighted by Crippen LogP contribution is 2.49. The normalized spacial score (nSPS) is 23.7. The summed E-state index contributed by atoms with van der Waals surface area (Å²) < 4.78 is 34.2. The van der Waals surface area contributed by atoms with Crippen LogP contribution in [0.25, 0.3) is 0 Å². The molecule has 4 atom stereocenters. The van der Waals surface area contributed by atoms with Crippen molar-refractivity contribution >= 4 is 29.3 Å². The zero-order valence-corrected chi connectivity index (χ0v) is 21.2. The van der Waals surface area contributed by atoms with E-state index in [0.717, 1.165) is 18.6 Å². The Kier molecular flexibility index (Phi) is 6.48. The molecule has 2 aromatic carbocycles. The number of benzene rings is 2. The number of halogens is 3. The topological polar surface area (TPSA) is 102 Å². The molecule has 1 saturated carbocycles. The largest absolute Gasteiger partial charge is 0.381 e. The van der Waals surface area contributed by atoms with Gasteiger partial charge in [0.1, 0.15) is 17.7 Å². The maximum atomic E-state index is 14.8. The average molecular weight is 532 g/mol. The van der Waals surface area contributed by atoms with Gasteiger partial charge in [0, 0.05) is 23.1 Å². The maximum Gasteiger partial charge on any atom is 0.254 e. The lowest BCUT2D eigenvalue weighted by molar-refractivity contribution is -0.128. The molecule has 5 rings (SSSR count). The summed E-state index contributed by atoms with van der Waals surface area (Å²) in [5.41, 5.74) is 5.52. The molecule has 196 valence electrons. The van der Waals surface area contributed by atoms with E-state index in [-0.39, 0.29) is 47.6 Å². The van der Waals surface area contributed by atoms with Crippen molar-refractivity contribution in [3.8, 4) is 0 Å². The van der Waals surface area contributed by atoms with Crippen molar-refractivity contribution in [3.05, 3.63) is 69.7 Å². The second-order valence-electron chi connectivity index (χ2n) is 10.7. The van der Waals surface area contributed by atoms with Crippen molar-refractivity contribution in [1.29, 1.82) is 0 Å². The molecule has 3 aliphatic rings. The van der Waals surface area contributed by atoms with Crippen LogP contribution in [0.5, 0.6) is 0 Å². The molecule has 7 nitrogen and oxygen atoms in total. The number of nitrogens with two attached hydrogens (primary N) is 1. The number of nitrogens with one attached hydrogen (secondary N) is 1. The Hall–Kier alpha value is -3.04. The predicted octanol–water partition coefficient (Wildman–Crippen LogP) is 3.49. The van der Waals surface area contributed by atoms with Crippen LogP contribution in [0.1, 0.15) is 54.2 Å². The Morgan fingerprint density at radius 3 is 2.51 bits per heavy atom. The van der Waals surface area contributed by atoms with E-state index in [1.165, 1.54) is 0 Å². The van der Waals surface area contributed by atoms with Crippen LogP contribution in [-0.4, -0.2) is 47.9 Å². The number of hydrogen-bond acceptors (Lipinski definition) is 4. The molecular weight excluding hydrogens is 504 g/mol. The van der Waals surface area contributed by atoms with Gasteiger partial charge < -0.3 is 20.7 Å². The van der Waals surface area contributed by atoms with Gasteiger partial charge in [-0.3, -0.25) is 14.4 Å². The molecule has 0 spiro atoms. The summed E-state index contributed by atoms with van der Waals surface area (Å²) in [5.74, 6) is -2.81. The van der Waals surface area contributed by atoms with E-state index < -0.39 is 40.9 Å². The van der Waals surface area contributed by atoms with Gasteiger partial charge in [-0.2, -0.15) is 0 Å². The standard InChI is InChI=1S/C27H28ClF2N3O4/c1-27(2,26(31)36)16-5-3-4-13(6-16)25(35)33-21-7-14(21)8-22(33)24(34)32-23(15-11-37-12-15)17-9-20(30)18(28)10-19(17)29/h3-6,9-10,14-15,21-23H,7-8,11-12H2,1-2H3,(H2,31,36)(H,32,34)/t14-,21-,22-,23?/m1/s1. The Bertz CT molecular complexity index is 1280. The summed E-state index contributed by atoms with van der Waals surface area (Å²) in [6.07, 6.45) is 1.29. The first-order chi connectivity index (χ1) is 17.5. The lowest BCUT2D eigenvalue weighted by Gasteiger charge is -2.36. The monoisotopic (exact) mass is 531 g/mol. The summed E-state index contributed by atoms with van der Waals surface area (Å²) >= 11 is 5.72. The smallest absolute Gasteiger partial charge is 0.254 e. The quantitative estimate of drug-likeness (QED) is 0.534. The molecule has 37 heavy (non-hydrogen) atoms. The fourth-order valence-corrected chi connectivity index (χ4v) is 5.39. The van der Waals surface area contributed by atoms with Gasteiger partial charge in [-0.25, -0.2) is 8.78 Å². The van der Waals surface area contributed by atoms with Crippen LogP contribution in [0.3, 0.4) is 0 Å². The van der Waals surface area contributed by atoms with Crippen LogP contribution in [0.4, 0.5) is 8.78 Å². The maximum absolute atomic E-state index is 14.8. The lowest BCUT2D eigenvalue weighted by atomic mass is 9.83. The van der Waals surface area contributed by atoms with E-state index in [9.17, 15) is 23.2 Å². The minimum absolute atomic E-state index is 0.00836. The molecule has 2 heterocycles. The van der Waals surface area contributed by atoms with Crippen LogP contribution in [-0.2, 0) is 19.7 Å². The number of amides is 3. The van der Waals surface area contributed by atoms with Crippen LogP contribution >= 0.6 is 11.6 Å². The van der Waals surface area contributed by atoms with Crippen molar-refractivity contribution < 1.29 is 27.9 Å². The fourth-order valence-electron chi connectivity index (χ4n) is 5.24. The van der Waals surface area contributed by atoms with Gasteiger partial charge in [-0.05, 0) is 62.4 Å². The number of carbonyl (C=O) groups excluding carboxylic acids is 3. The zero-order valence-electron chi connectivity index (χ0n) is 20.5. The average Bonchev–Trinajstić information content (AvgIpc) is 3.48. The van der Waals surface area contributed by atoms with Crippen LogP contribution in [0, 0.1) is 23.5 Å². The first-order valence-electron chi connectivity index (χ1n) is 12.2. The highest BCUT2D eigenvalue weighted by molar-refractivity contribution is 6.30. The highest BCUT2D eigenvalue weighted by atomic mass is 35.5. The third kappa shape index (κ3) is 4.59. The highest BCUT2D eigenvalue weighted by Gasteiger charge is 2.56. The molecule has 3 fully saturated rings. The molecule has 1 aliphatic carbocycles. The summed E-state index contributed by atoms with van der Waals surface area (Å²) in [7, 11) is 0. The number of nitrogens with zero attached hydrogens (tertiary/aromatic N) is 1. The summed E-state index contributed by atoms with van der Waals surface area (Å²) in [5, 5.41) is 2.53. The van der Waals surface area contributed by atoms with Crippen LogP contribution in [0.2, 0.25) is 5.02 Å². The molecule has 0 radical (unpaired) electrons. The number of primary amides is 1. The van der Waals surface area contributed by atoms with Crippen LogP contribution in [0.15, 0.2) is 36.4 Å².